The second-order valence-electron chi connectivity index (χ2n) is 7.16. The van der Waals surface area contributed by atoms with Gasteiger partial charge in [-0.2, -0.15) is 0 Å². The molecule has 0 saturated carbocycles. The number of hydrogen-bond donors (Lipinski definition) is 1. The average molecular weight is 407 g/mol. The predicted molar refractivity (Wildman–Crippen MR) is 110 cm³/mol. The molecule has 0 atom stereocenters. The maximum atomic E-state index is 12.5. The van der Waals surface area contributed by atoms with Gasteiger partial charge >= 0.3 is 0 Å². The van der Waals surface area contributed by atoms with E-state index in [4.69, 9.17) is 4.74 Å². The van der Waals surface area contributed by atoms with Crippen LogP contribution in [0.2, 0.25) is 0 Å². The number of hydrogen-bond acceptors (Lipinski definition) is 5. The lowest BCUT2D eigenvalue weighted by atomic mass is 10.1. The SMILES string of the molecule is CCCCN1C(=O)COc2ccc(NC(=O)CN3C(=O)c4ccccc4C3=O)cc21. The number of imide groups is 1. The Labute approximate surface area is 173 Å². The smallest absolute Gasteiger partial charge is 0.265 e. The molecule has 2 aromatic rings. The van der Waals surface area contributed by atoms with Crippen molar-refractivity contribution in [1.82, 2.24) is 4.90 Å². The molecule has 0 unspecified atom stereocenters. The first-order valence-electron chi connectivity index (χ1n) is 9.82. The van der Waals surface area contributed by atoms with Gasteiger partial charge in [-0.3, -0.25) is 24.1 Å². The number of rotatable bonds is 6. The first-order chi connectivity index (χ1) is 14.5. The number of nitrogens with zero attached hydrogens (tertiary/aromatic N) is 2. The third kappa shape index (κ3) is 3.52. The lowest BCUT2D eigenvalue weighted by Crippen LogP contribution is -2.39. The summed E-state index contributed by atoms with van der Waals surface area (Å²) in [6, 6.07) is 11.5. The van der Waals surface area contributed by atoms with E-state index in [1.165, 1.54) is 0 Å². The molecule has 0 aromatic heterocycles. The highest BCUT2D eigenvalue weighted by molar-refractivity contribution is 6.22. The molecule has 30 heavy (non-hydrogen) atoms. The minimum atomic E-state index is -0.507. The molecule has 0 aliphatic carbocycles. The lowest BCUT2D eigenvalue weighted by Gasteiger charge is -2.29. The summed E-state index contributed by atoms with van der Waals surface area (Å²) in [5, 5.41) is 2.70. The average Bonchev–Trinajstić information content (AvgIpc) is 2.98. The highest BCUT2D eigenvalue weighted by Crippen LogP contribution is 2.35. The topological polar surface area (TPSA) is 96.0 Å². The molecule has 0 saturated heterocycles. The fourth-order valence-electron chi connectivity index (χ4n) is 3.57. The zero-order valence-corrected chi connectivity index (χ0v) is 16.5. The first kappa shape index (κ1) is 19.6. The van der Waals surface area contributed by atoms with E-state index in [0.717, 1.165) is 17.7 Å². The maximum Gasteiger partial charge on any atom is 0.265 e. The second-order valence-corrected chi connectivity index (χ2v) is 7.16. The van der Waals surface area contributed by atoms with E-state index in [-0.39, 0.29) is 12.5 Å². The van der Waals surface area contributed by atoms with E-state index in [1.807, 2.05) is 6.92 Å². The van der Waals surface area contributed by atoms with Crippen LogP contribution in [0, 0.1) is 0 Å². The highest BCUT2D eigenvalue weighted by atomic mass is 16.5. The third-order valence-corrected chi connectivity index (χ3v) is 5.10. The molecule has 2 heterocycles. The molecule has 0 radical (unpaired) electrons. The van der Waals surface area contributed by atoms with Crippen molar-refractivity contribution in [3.05, 3.63) is 53.6 Å². The van der Waals surface area contributed by atoms with E-state index >= 15 is 0 Å². The summed E-state index contributed by atoms with van der Waals surface area (Å²) in [5.41, 5.74) is 1.64. The molecule has 2 aromatic carbocycles. The lowest BCUT2D eigenvalue weighted by molar-refractivity contribution is -0.121. The summed E-state index contributed by atoms with van der Waals surface area (Å²) < 4.78 is 5.48. The Morgan fingerprint density at radius 2 is 1.73 bits per heavy atom. The van der Waals surface area contributed by atoms with Crippen LogP contribution in [0.3, 0.4) is 0 Å². The molecule has 4 rings (SSSR count). The standard InChI is InChI=1S/C22H21N3O5/c1-2-3-10-24-17-11-14(8-9-18(17)30-13-20(24)27)23-19(26)12-25-21(28)15-6-4-5-7-16(15)22(25)29/h4-9,11H,2-3,10,12-13H2,1H3,(H,23,26). The minimum absolute atomic E-state index is 0.0117. The first-order valence-corrected chi connectivity index (χ1v) is 9.82. The van der Waals surface area contributed by atoms with E-state index in [1.54, 1.807) is 47.4 Å². The molecular formula is C22H21N3O5. The molecule has 0 spiro atoms. The van der Waals surface area contributed by atoms with Crippen LogP contribution in [0.5, 0.6) is 5.75 Å². The number of carbonyl (C=O) groups excluding carboxylic acids is 4. The normalized spacial score (nSPS) is 15.0. The fraction of sp³-hybridized carbons (Fsp3) is 0.273. The fourth-order valence-corrected chi connectivity index (χ4v) is 3.57. The maximum absolute atomic E-state index is 12.5. The van der Waals surface area contributed by atoms with E-state index < -0.39 is 24.3 Å². The largest absolute Gasteiger partial charge is 0.482 e. The summed E-state index contributed by atoms with van der Waals surface area (Å²) in [7, 11) is 0. The van der Waals surface area contributed by atoms with Gasteiger partial charge in [0.1, 0.15) is 12.3 Å². The zero-order chi connectivity index (χ0) is 21.3. The molecule has 0 fully saturated rings. The Morgan fingerprint density at radius 3 is 2.40 bits per heavy atom. The van der Waals surface area contributed by atoms with Crippen LogP contribution in [0.25, 0.3) is 0 Å². The van der Waals surface area contributed by atoms with Crippen molar-refractivity contribution >= 4 is 35.0 Å². The van der Waals surface area contributed by atoms with Crippen LogP contribution in [0.4, 0.5) is 11.4 Å². The molecular weight excluding hydrogens is 386 g/mol. The van der Waals surface area contributed by atoms with Gasteiger partial charge in [-0.05, 0) is 36.8 Å². The highest BCUT2D eigenvalue weighted by Gasteiger charge is 2.36. The Kier molecular flexibility index (Phi) is 5.22. The van der Waals surface area contributed by atoms with Gasteiger partial charge in [0.2, 0.25) is 5.91 Å². The summed E-state index contributed by atoms with van der Waals surface area (Å²) in [4.78, 5) is 52.2. The van der Waals surface area contributed by atoms with Crippen molar-refractivity contribution in [3.8, 4) is 5.75 Å². The number of anilines is 2. The van der Waals surface area contributed by atoms with E-state index in [2.05, 4.69) is 5.32 Å². The number of benzene rings is 2. The van der Waals surface area contributed by atoms with Crippen molar-refractivity contribution in [1.29, 1.82) is 0 Å². The second kappa shape index (κ2) is 7.98. The quantitative estimate of drug-likeness (QED) is 0.742. The van der Waals surface area contributed by atoms with Crippen LogP contribution in [0.1, 0.15) is 40.5 Å². The van der Waals surface area contributed by atoms with E-state index in [9.17, 15) is 19.2 Å². The number of unbranched alkanes of at least 4 members (excludes halogenated alkanes) is 1. The van der Waals surface area contributed by atoms with Crippen LogP contribution < -0.4 is 15.0 Å². The molecule has 8 nitrogen and oxygen atoms in total. The number of fused-ring (bicyclic) bond motifs is 2. The van der Waals surface area contributed by atoms with Gasteiger partial charge in [-0.1, -0.05) is 25.5 Å². The Morgan fingerprint density at radius 1 is 1.03 bits per heavy atom. The van der Waals surface area contributed by atoms with Crippen LogP contribution in [-0.2, 0) is 9.59 Å². The number of amides is 4. The zero-order valence-electron chi connectivity index (χ0n) is 16.5. The number of nitrogens with one attached hydrogen (secondary N) is 1. The molecule has 8 heteroatoms. The van der Waals surface area contributed by atoms with Crippen LogP contribution >= 0.6 is 0 Å². The molecule has 4 amide bonds. The summed E-state index contributed by atoms with van der Waals surface area (Å²) in [5.74, 6) is -1.04. The third-order valence-electron chi connectivity index (χ3n) is 5.10. The van der Waals surface area contributed by atoms with Crippen LogP contribution in [-0.4, -0.2) is 48.2 Å². The summed E-state index contributed by atoms with van der Waals surface area (Å²) in [6.07, 6.45) is 1.79. The van der Waals surface area contributed by atoms with Gasteiger partial charge < -0.3 is 15.0 Å². The minimum Gasteiger partial charge on any atom is -0.482 e. The van der Waals surface area contributed by atoms with Gasteiger partial charge in [0.05, 0.1) is 16.8 Å². The Bertz CT molecular complexity index is 1010. The van der Waals surface area contributed by atoms with Gasteiger partial charge in [0, 0.05) is 12.2 Å². The van der Waals surface area contributed by atoms with Gasteiger partial charge in [-0.25, -0.2) is 0 Å². The number of carbonyl (C=O) groups is 4. The van der Waals surface area contributed by atoms with Gasteiger partial charge in [-0.15, -0.1) is 0 Å². The summed E-state index contributed by atoms with van der Waals surface area (Å²) in [6.45, 7) is 2.21. The molecule has 154 valence electrons. The van der Waals surface area contributed by atoms with Crippen molar-refractivity contribution in [2.45, 2.75) is 19.8 Å². The predicted octanol–water partition coefficient (Wildman–Crippen LogP) is 2.45. The van der Waals surface area contributed by atoms with Crippen molar-refractivity contribution < 1.29 is 23.9 Å². The molecule has 1 N–H and O–H groups in total. The van der Waals surface area contributed by atoms with Crippen molar-refractivity contribution in [2.75, 3.05) is 29.9 Å². The molecule has 2 aliphatic heterocycles. The Balaban J connectivity index is 1.48. The van der Waals surface area contributed by atoms with Crippen molar-refractivity contribution in [2.24, 2.45) is 0 Å². The summed E-state index contributed by atoms with van der Waals surface area (Å²) >= 11 is 0. The van der Waals surface area contributed by atoms with Gasteiger partial charge in [0.25, 0.3) is 17.7 Å². The van der Waals surface area contributed by atoms with Crippen LogP contribution in [0.15, 0.2) is 42.5 Å². The molecule has 0 bridgehead atoms. The number of ether oxygens (including phenoxy) is 1. The van der Waals surface area contributed by atoms with E-state index in [0.29, 0.717) is 34.8 Å². The molecule has 2 aliphatic rings. The van der Waals surface area contributed by atoms with Crippen molar-refractivity contribution in [3.63, 3.8) is 0 Å². The monoisotopic (exact) mass is 407 g/mol. The van der Waals surface area contributed by atoms with Gasteiger partial charge in [0.15, 0.2) is 6.61 Å². The Hall–Kier alpha value is -3.68.